The lowest BCUT2D eigenvalue weighted by Crippen LogP contribution is -2.11. The van der Waals surface area contributed by atoms with Crippen molar-refractivity contribution in [2.24, 2.45) is 0 Å². The van der Waals surface area contributed by atoms with Crippen LogP contribution in [-0.4, -0.2) is 41.7 Å². The molecule has 0 spiro atoms. The molecule has 102 valence electrons. The van der Waals surface area contributed by atoms with Crippen LogP contribution < -0.4 is 0 Å². The molecule has 2 N–H and O–H groups in total. The normalized spacial score (nSPS) is 9.58. The number of nitrogens with zero attached hydrogens (tertiary/aromatic N) is 4. The van der Waals surface area contributed by atoms with Gasteiger partial charge in [-0.05, 0) is 12.1 Å². The van der Waals surface area contributed by atoms with E-state index in [4.69, 9.17) is 10.2 Å². The molecule has 2 heterocycles. The number of carbonyl (C=O) groups is 2. The molecule has 0 radical (unpaired) electrons. The van der Waals surface area contributed by atoms with E-state index in [0.29, 0.717) is 0 Å². The summed E-state index contributed by atoms with van der Waals surface area (Å²) in [5.41, 5.74) is -0.147. The lowest BCUT2D eigenvalue weighted by Gasteiger charge is -2.00. The third kappa shape index (κ3) is 3.66. The minimum Gasteiger partial charge on any atom is -0.476 e. The molecule has 0 saturated heterocycles. The smallest absolute Gasteiger partial charge is 0.356 e. The summed E-state index contributed by atoms with van der Waals surface area (Å²) in [6.07, 6.45) is 2.96. The van der Waals surface area contributed by atoms with Crippen molar-refractivity contribution in [1.82, 2.24) is 19.6 Å². The summed E-state index contributed by atoms with van der Waals surface area (Å²) < 4.78 is 2.70. The minimum atomic E-state index is -1.12. The molecule has 0 aliphatic carbocycles. The van der Waals surface area contributed by atoms with Gasteiger partial charge in [0.05, 0.1) is 0 Å². The van der Waals surface area contributed by atoms with E-state index < -0.39 is 11.9 Å². The molecule has 19 heavy (non-hydrogen) atoms. The highest BCUT2D eigenvalue weighted by Crippen LogP contribution is 1.99. The van der Waals surface area contributed by atoms with E-state index in [1.807, 2.05) is 13.8 Å². The molecule has 0 aliphatic rings. The van der Waals surface area contributed by atoms with E-state index in [9.17, 15) is 9.59 Å². The lowest BCUT2D eigenvalue weighted by atomic mass is 10.5. The SMILES string of the molecule is CC.O=C(O)c1ccn(Cn2ccc(C(=O)O)n2)n1. The first-order valence-corrected chi connectivity index (χ1v) is 5.60. The van der Waals surface area contributed by atoms with Crippen molar-refractivity contribution in [3.63, 3.8) is 0 Å². The van der Waals surface area contributed by atoms with E-state index in [0.717, 1.165) is 0 Å². The fraction of sp³-hybridized carbons (Fsp3) is 0.273. The Morgan fingerprint density at radius 3 is 1.63 bits per heavy atom. The van der Waals surface area contributed by atoms with Crippen molar-refractivity contribution in [2.75, 3.05) is 0 Å². The largest absolute Gasteiger partial charge is 0.476 e. The summed E-state index contributed by atoms with van der Waals surface area (Å²) in [4.78, 5) is 21.2. The molecule has 2 aromatic heterocycles. The van der Waals surface area contributed by atoms with E-state index >= 15 is 0 Å². The molecule has 0 aromatic carbocycles. The zero-order valence-electron chi connectivity index (χ0n) is 10.5. The number of aromatic nitrogens is 4. The van der Waals surface area contributed by atoms with Gasteiger partial charge in [-0.15, -0.1) is 0 Å². The predicted molar refractivity (Wildman–Crippen MR) is 65.1 cm³/mol. The van der Waals surface area contributed by atoms with Crippen molar-refractivity contribution in [2.45, 2.75) is 20.5 Å². The Kier molecular flexibility index (Phi) is 4.81. The minimum absolute atomic E-state index is 0.0735. The lowest BCUT2D eigenvalue weighted by molar-refractivity contribution is 0.0679. The average molecular weight is 266 g/mol. The second-order valence-electron chi connectivity index (χ2n) is 3.23. The maximum atomic E-state index is 10.6. The molecule has 2 aromatic rings. The van der Waals surface area contributed by atoms with Gasteiger partial charge in [-0.2, -0.15) is 10.2 Å². The summed E-state index contributed by atoms with van der Waals surface area (Å²) in [6, 6.07) is 2.70. The number of carboxylic acid groups (broad SMARTS) is 2. The van der Waals surface area contributed by atoms with Gasteiger partial charge in [0.2, 0.25) is 0 Å². The highest BCUT2D eigenvalue weighted by Gasteiger charge is 2.09. The molecule has 2 rings (SSSR count). The van der Waals surface area contributed by atoms with Crippen LogP contribution in [0.3, 0.4) is 0 Å². The molecule has 0 bridgehead atoms. The number of rotatable bonds is 4. The molecule has 0 amide bonds. The Morgan fingerprint density at radius 2 is 1.37 bits per heavy atom. The van der Waals surface area contributed by atoms with E-state index in [1.165, 1.54) is 33.9 Å². The second kappa shape index (κ2) is 6.34. The highest BCUT2D eigenvalue weighted by atomic mass is 16.4. The van der Waals surface area contributed by atoms with Gasteiger partial charge in [-0.1, -0.05) is 13.8 Å². The van der Waals surface area contributed by atoms with Gasteiger partial charge in [-0.3, -0.25) is 9.36 Å². The van der Waals surface area contributed by atoms with Gasteiger partial charge >= 0.3 is 11.9 Å². The fourth-order valence-corrected chi connectivity index (χ4v) is 1.26. The Labute approximate surface area is 108 Å². The van der Waals surface area contributed by atoms with E-state index in [-0.39, 0.29) is 18.1 Å². The van der Waals surface area contributed by atoms with Gasteiger partial charge in [-0.25, -0.2) is 9.59 Å². The zero-order chi connectivity index (χ0) is 14.4. The highest BCUT2D eigenvalue weighted by molar-refractivity contribution is 5.85. The van der Waals surface area contributed by atoms with Crippen LogP contribution in [0.25, 0.3) is 0 Å². The molecule has 0 atom stereocenters. The Hall–Kier alpha value is -2.64. The summed E-state index contributed by atoms with van der Waals surface area (Å²) in [6.45, 7) is 4.15. The van der Waals surface area contributed by atoms with E-state index in [2.05, 4.69) is 10.2 Å². The Balaban J connectivity index is 0.000000861. The Morgan fingerprint density at radius 1 is 1.00 bits per heavy atom. The summed E-state index contributed by atoms with van der Waals surface area (Å²) in [5, 5.41) is 24.9. The molecule has 0 fully saturated rings. The maximum Gasteiger partial charge on any atom is 0.356 e. The standard InChI is InChI=1S/C9H8N4O4.C2H6/c14-8(15)6-1-3-12(10-6)5-13-4-2-7(11-13)9(16)17;1-2/h1-4H,5H2,(H,14,15)(H,16,17);1-2H3. The number of aromatic carboxylic acids is 2. The summed E-state index contributed by atoms with van der Waals surface area (Å²) in [7, 11) is 0. The first-order chi connectivity index (χ1) is 9.06. The third-order valence-electron chi connectivity index (χ3n) is 2.01. The van der Waals surface area contributed by atoms with Crippen LogP contribution in [0, 0.1) is 0 Å². The number of hydrogen-bond donors (Lipinski definition) is 2. The molecule has 0 aliphatic heterocycles. The fourth-order valence-electron chi connectivity index (χ4n) is 1.26. The topological polar surface area (TPSA) is 110 Å². The number of carboxylic acids is 2. The van der Waals surface area contributed by atoms with Gasteiger partial charge in [0.25, 0.3) is 0 Å². The van der Waals surface area contributed by atoms with Gasteiger partial charge in [0.1, 0.15) is 6.67 Å². The van der Waals surface area contributed by atoms with Crippen LogP contribution in [0.5, 0.6) is 0 Å². The monoisotopic (exact) mass is 266 g/mol. The maximum absolute atomic E-state index is 10.6. The van der Waals surface area contributed by atoms with Crippen molar-refractivity contribution in [3.05, 3.63) is 35.9 Å². The summed E-state index contributed by atoms with van der Waals surface area (Å²) in [5.74, 6) is -2.23. The van der Waals surface area contributed by atoms with Gasteiger partial charge in [0.15, 0.2) is 11.4 Å². The molecule has 8 heteroatoms. The van der Waals surface area contributed by atoms with Crippen LogP contribution in [0.4, 0.5) is 0 Å². The quantitative estimate of drug-likeness (QED) is 0.854. The number of hydrogen-bond acceptors (Lipinski definition) is 4. The first-order valence-electron chi connectivity index (χ1n) is 5.60. The van der Waals surface area contributed by atoms with Gasteiger partial charge in [0, 0.05) is 12.4 Å². The molecule has 8 nitrogen and oxygen atoms in total. The van der Waals surface area contributed by atoms with Crippen LogP contribution in [-0.2, 0) is 6.67 Å². The second-order valence-corrected chi connectivity index (χ2v) is 3.23. The van der Waals surface area contributed by atoms with Crippen LogP contribution in [0.15, 0.2) is 24.5 Å². The van der Waals surface area contributed by atoms with Crippen LogP contribution in [0.2, 0.25) is 0 Å². The predicted octanol–water partition coefficient (Wildman–Crippen LogP) is 1.01. The van der Waals surface area contributed by atoms with Crippen molar-refractivity contribution in [1.29, 1.82) is 0 Å². The van der Waals surface area contributed by atoms with Gasteiger partial charge < -0.3 is 10.2 Å². The van der Waals surface area contributed by atoms with Crippen molar-refractivity contribution >= 4 is 11.9 Å². The molecular formula is C11H14N4O4. The van der Waals surface area contributed by atoms with Crippen LogP contribution >= 0.6 is 0 Å². The Bertz CT molecular complexity index is 523. The zero-order valence-corrected chi connectivity index (χ0v) is 10.5. The van der Waals surface area contributed by atoms with Crippen molar-refractivity contribution in [3.8, 4) is 0 Å². The average Bonchev–Trinajstić information content (AvgIpc) is 3.01. The molecule has 0 unspecified atom stereocenters. The molecular weight excluding hydrogens is 252 g/mol. The van der Waals surface area contributed by atoms with Crippen LogP contribution in [0.1, 0.15) is 34.8 Å². The molecule has 0 saturated carbocycles. The van der Waals surface area contributed by atoms with Crippen molar-refractivity contribution < 1.29 is 19.8 Å². The third-order valence-corrected chi connectivity index (χ3v) is 2.01. The van der Waals surface area contributed by atoms with E-state index in [1.54, 1.807) is 0 Å². The summed E-state index contributed by atoms with van der Waals surface area (Å²) >= 11 is 0. The first kappa shape index (κ1) is 14.4.